The Bertz CT molecular complexity index is 809. The molecule has 3 rings (SSSR count). The number of halogens is 3. The lowest BCUT2D eigenvalue weighted by Gasteiger charge is -2.26. The van der Waals surface area contributed by atoms with E-state index in [1.54, 1.807) is 0 Å². The molecule has 1 aliphatic rings. The van der Waals surface area contributed by atoms with Crippen molar-refractivity contribution in [3.05, 3.63) is 59.7 Å². The molecule has 2 aromatic carbocycles. The van der Waals surface area contributed by atoms with Crippen LogP contribution in [0, 0.1) is 0 Å². The largest absolute Gasteiger partial charge is 0.493 e. The highest BCUT2D eigenvalue weighted by atomic mass is 19.4. The average Bonchev–Trinajstić information content (AvgIpc) is 2.65. The van der Waals surface area contributed by atoms with E-state index in [0.29, 0.717) is 6.61 Å². The van der Waals surface area contributed by atoms with Gasteiger partial charge in [-0.1, -0.05) is 24.3 Å². The zero-order valence-electron chi connectivity index (χ0n) is 14.5. The molecule has 144 valence electrons. The lowest BCUT2D eigenvalue weighted by molar-refractivity contribution is -0.137. The van der Waals surface area contributed by atoms with E-state index in [1.807, 2.05) is 24.3 Å². The first-order chi connectivity index (χ1) is 12.9. The third-order valence-electron chi connectivity index (χ3n) is 4.08. The van der Waals surface area contributed by atoms with Crippen molar-refractivity contribution in [1.29, 1.82) is 0 Å². The summed E-state index contributed by atoms with van der Waals surface area (Å²) < 4.78 is 49.0. The number of rotatable bonds is 5. The smallest absolute Gasteiger partial charge is 0.416 e. The van der Waals surface area contributed by atoms with Gasteiger partial charge in [-0.25, -0.2) is 4.99 Å². The van der Waals surface area contributed by atoms with E-state index in [1.165, 1.54) is 12.1 Å². The summed E-state index contributed by atoms with van der Waals surface area (Å²) in [6, 6.07) is 12.4. The fourth-order valence-electron chi connectivity index (χ4n) is 2.81. The normalized spacial score (nSPS) is 17.0. The summed E-state index contributed by atoms with van der Waals surface area (Å²) in [6.07, 6.45) is -3.64. The van der Waals surface area contributed by atoms with Crippen molar-refractivity contribution in [1.82, 2.24) is 5.32 Å². The maximum atomic E-state index is 12.7. The average molecular weight is 379 g/mol. The summed E-state index contributed by atoms with van der Waals surface area (Å²) >= 11 is 0. The van der Waals surface area contributed by atoms with Crippen LogP contribution in [0.4, 0.5) is 13.2 Å². The molecule has 0 saturated carbocycles. The van der Waals surface area contributed by atoms with Crippen LogP contribution in [0.1, 0.15) is 23.6 Å². The zero-order valence-corrected chi connectivity index (χ0v) is 14.5. The monoisotopic (exact) mass is 379 g/mol. The Labute approximate surface area is 155 Å². The number of hydrogen-bond acceptors (Lipinski definition) is 3. The van der Waals surface area contributed by atoms with E-state index in [4.69, 9.17) is 15.2 Å². The van der Waals surface area contributed by atoms with Gasteiger partial charge in [0.1, 0.15) is 18.1 Å². The maximum absolute atomic E-state index is 12.7. The lowest BCUT2D eigenvalue weighted by Crippen LogP contribution is -2.37. The summed E-state index contributed by atoms with van der Waals surface area (Å²) in [5.41, 5.74) is 6.18. The molecule has 2 aromatic rings. The van der Waals surface area contributed by atoms with Gasteiger partial charge in [0.15, 0.2) is 5.96 Å². The Hall–Kier alpha value is -2.90. The maximum Gasteiger partial charge on any atom is 0.416 e. The second-order valence-electron chi connectivity index (χ2n) is 6.01. The molecule has 1 atom stereocenters. The highest BCUT2D eigenvalue weighted by molar-refractivity contribution is 5.78. The molecule has 0 radical (unpaired) electrons. The Morgan fingerprint density at radius 3 is 2.85 bits per heavy atom. The number of alkyl halides is 3. The van der Waals surface area contributed by atoms with E-state index in [9.17, 15) is 13.2 Å². The number of hydrogen-bond donors (Lipinski definition) is 2. The molecular weight excluding hydrogens is 359 g/mol. The zero-order chi connectivity index (χ0) is 19.3. The third-order valence-corrected chi connectivity index (χ3v) is 4.08. The van der Waals surface area contributed by atoms with E-state index in [2.05, 4.69) is 10.3 Å². The van der Waals surface area contributed by atoms with Gasteiger partial charge in [-0.2, -0.15) is 13.2 Å². The van der Waals surface area contributed by atoms with Crippen molar-refractivity contribution in [3.8, 4) is 11.5 Å². The number of nitrogens with one attached hydrogen (secondary N) is 1. The number of fused-ring (bicyclic) bond motifs is 1. The van der Waals surface area contributed by atoms with Crippen molar-refractivity contribution < 1.29 is 22.6 Å². The molecule has 27 heavy (non-hydrogen) atoms. The second kappa shape index (κ2) is 8.20. The number of ether oxygens (including phenoxy) is 2. The Morgan fingerprint density at radius 1 is 1.22 bits per heavy atom. The van der Waals surface area contributed by atoms with Crippen LogP contribution in [0.2, 0.25) is 0 Å². The second-order valence-corrected chi connectivity index (χ2v) is 6.01. The van der Waals surface area contributed by atoms with Crippen molar-refractivity contribution in [3.63, 3.8) is 0 Å². The van der Waals surface area contributed by atoms with Crippen LogP contribution in [-0.2, 0) is 6.18 Å². The van der Waals surface area contributed by atoms with Crippen LogP contribution in [0.15, 0.2) is 53.5 Å². The van der Waals surface area contributed by atoms with Crippen LogP contribution in [0.3, 0.4) is 0 Å². The fraction of sp³-hybridized carbons (Fsp3) is 0.316. The minimum absolute atomic E-state index is 0.00286. The number of nitrogens with two attached hydrogens (primary N) is 1. The van der Waals surface area contributed by atoms with Gasteiger partial charge in [0, 0.05) is 12.0 Å². The minimum Gasteiger partial charge on any atom is -0.493 e. The van der Waals surface area contributed by atoms with Gasteiger partial charge in [0.2, 0.25) is 0 Å². The number of benzene rings is 2. The van der Waals surface area contributed by atoms with Gasteiger partial charge in [-0.05, 0) is 24.3 Å². The number of guanidine groups is 1. The molecule has 0 bridgehead atoms. The molecule has 0 saturated heterocycles. The molecule has 3 N–H and O–H groups in total. The molecule has 0 fully saturated rings. The highest BCUT2D eigenvalue weighted by Gasteiger charge is 2.30. The first kappa shape index (κ1) is 18.9. The van der Waals surface area contributed by atoms with Crippen LogP contribution in [0.5, 0.6) is 11.5 Å². The standard InChI is InChI=1S/C19H20F3N3O2/c20-19(21,22)13-4-3-5-14(12-13)26-11-9-24-18(23)25-16-8-10-27-17-7-2-1-6-15(16)17/h1-7,12,16H,8-11H2,(H3,23,24,25). The molecular formula is C19H20F3N3O2. The predicted octanol–water partition coefficient (Wildman–Crippen LogP) is 3.51. The summed E-state index contributed by atoms with van der Waals surface area (Å²) in [5.74, 6) is 1.22. The number of para-hydroxylation sites is 1. The molecule has 0 spiro atoms. The molecule has 1 aliphatic heterocycles. The fourth-order valence-corrected chi connectivity index (χ4v) is 2.81. The third kappa shape index (κ3) is 5.06. The predicted molar refractivity (Wildman–Crippen MR) is 95.9 cm³/mol. The molecule has 0 aromatic heterocycles. The van der Waals surface area contributed by atoms with Crippen LogP contribution in [-0.4, -0.2) is 25.7 Å². The first-order valence-corrected chi connectivity index (χ1v) is 8.52. The number of nitrogens with zero attached hydrogens (tertiary/aromatic N) is 1. The van der Waals surface area contributed by atoms with Crippen molar-refractivity contribution in [2.24, 2.45) is 10.7 Å². The van der Waals surface area contributed by atoms with Crippen LogP contribution in [0.25, 0.3) is 0 Å². The summed E-state index contributed by atoms with van der Waals surface area (Å²) in [7, 11) is 0. The van der Waals surface area contributed by atoms with E-state index in [0.717, 1.165) is 29.9 Å². The van der Waals surface area contributed by atoms with Crippen LogP contribution < -0.4 is 20.5 Å². The van der Waals surface area contributed by atoms with Gasteiger partial charge in [0.25, 0.3) is 0 Å². The minimum atomic E-state index is -4.40. The first-order valence-electron chi connectivity index (χ1n) is 8.52. The van der Waals surface area contributed by atoms with Gasteiger partial charge in [-0.3, -0.25) is 0 Å². The molecule has 0 aliphatic carbocycles. The number of aliphatic imine (C=N–C) groups is 1. The van der Waals surface area contributed by atoms with E-state index < -0.39 is 11.7 Å². The topological polar surface area (TPSA) is 68.9 Å². The molecule has 1 heterocycles. The summed E-state index contributed by atoms with van der Waals surface area (Å²) in [5, 5.41) is 3.15. The molecule has 0 amide bonds. The van der Waals surface area contributed by atoms with Crippen molar-refractivity contribution in [2.45, 2.75) is 18.6 Å². The quantitative estimate of drug-likeness (QED) is 0.474. The Balaban J connectivity index is 1.51. The van der Waals surface area contributed by atoms with Gasteiger partial charge in [0.05, 0.1) is 24.8 Å². The Morgan fingerprint density at radius 2 is 2.04 bits per heavy atom. The van der Waals surface area contributed by atoms with Gasteiger partial charge in [-0.15, -0.1) is 0 Å². The summed E-state index contributed by atoms with van der Waals surface area (Å²) in [4.78, 5) is 4.17. The SMILES string of the molecule is NC(=NCCOc1cccc(C(F)(F)F)c1)NC1CCOc2ccccc21. The van der Waals surface area contributed by atoms with Crippen molar-refractivity contribution >= 4 is 5.96 Å². The van der Waals surface area contributed by atoms with Crippen molar-refractivity contribution in [2.75, 3.05) is 19.8 Å². The van der Waals surface area contributed by atoms with Crippen LogP contribution >= 0.6 is 0 Å². The molecule has 5 nitrogen and oxygen atoms in total. The van der Waals surface area contributed by atoms with E-state index in [-0.39, 0.29) is 30.9 Å². The lowest BCUT2D eigenvalue weighted by atomic mass is 10.0. The van der Waals surface area contributed by atoms with E-state index >= 15 is 0 Å². The van der Waals surface area contributed by atoms with Gasteiger partial charge < -0.3 is 20.5 Å². The summed E-state index contributed by atoms with van der Waals surface area (Å²) in [6.45, 7) is 0.925. The molecule has 8 heteroatoms. The Kier molecular flexibility index (Phi) is 5.73. The van der Waals surface area contributed by atoms with Gasteiger partial charge >= 0.3 is 6.18 Å². The molecule has 1 unspecified atom stereocenters. The highest BCUT2D eigenvalue weighted by Crippen LogP contribution is 2.32.